The molecule has 0 saturated heterocycles. The molecule has 3 aromatic rings. The van der Waals surface area contributed by atoms with Crippen LogP contribution in [0.15, 0.2) is 71.1 Å². The van der Waals surface area contributed by atoms with E-state index < -0.39 is 11.8 Å². The minimum atomic E-state index is -0.486. The van der Waals surface area contributed by atoms with Crippen molar-refractivity contribution in [3.05, 3.63) is 78.1 Å². The molecule has 1 aromatic heterocycles. The lowest BCUT2D eigenvalue weighted by atomic mass is 10.0. The Labute approximate surface area is 223 Å². The van der Waals surface area contributed by atoms with Gasteiger partial charge in [-0.05, 0) is 36.2 Å². The zero-order valence-electron chi connectivity index (χ0n) is 21.9. The Hall–Kier alpha value is -4.11. The number of nitrogens with zero attached hydrogens (tertiary/aromatic N) is 1. The van der Waals surface area contributed by atoms with Gasteiger partial charge in [0.25, 0.3) is 5.91 Å². The van der Waals surface area contributed by atoms with Crippen LogP contribution in [0.4, 0.5) is 0 Å². The van der Waals surface area contributed by atoms with E-state index >= 15 is 0 Å². The van der Waals surface area contributed by atoms with E-state index in [1.54, 1.807) is 19.2 Å². The summed E-state index contributed by atoms with van der Waals surface area (Å²) in [4.78, 5) is 42.8. The SMILES string of the molecule is CCCCC[C@H](CN(C=O)OCc1ccccc1)C(=O)NCNC(=O)c1ccc(-c2ccccc2OC)o1. The van der Waals surface area contributed by atoms with Gasteiger partial charge >= 0.3 is 0 Å². The van der Waals surface area contributed by atoms with Crippen LogP contribution in [0, 0.1) is 5.92 Å². The molecule has 0 fully saturated rings. The van der Waals surface area contributed by atoms with Gasteiger partial charge in [0.15, 0.2) is 5.76 Å². The number of ether oxygens (including phenoxy) is 1. The molecular formula is C29H35N3O6. The van der Waals surface area contributed by atoms with Crippen molar-refractivity contribution in [2.75, 3.05) is 20.3 Å². The fraction of sp³-hybridized carbons (Fsp3) is 0.345. The quantitative estimate of drug-likeness (QED) is 0.124. The normalized spacial score (nSPS) is 11.4. The topological polar surface area (TPSA) is 110 Å². The highest BCUT2D eigenvalue weighted by Crippen LogP contribution is 2.30. The summed E-state index contributed by atoms with van der Waals surface area (Å²) in [6, 6.07) is 20.1. The van der Waals surface area contributed by atoms with Gasteiger partial charge in [-0.15, -0.1) is 0 Å². The van der Waals surface area contributed by atoms with Gasteiger partial charge in [0, 0.05) is 0 Å². The van der Waals surface area contributed by atoms with Crippen molar-refractivity contribution < 1.29 is 28.4 Å². The first kappa shape index (κ1) is 28.5. The fourth-order valence-corrected chi connectivity index (χ4v) is 3.92. The predicted molar refractivity (Wildman–Crippen MR) is 143 cm³/mol. The van der Waals surface area contributed by atoms with Crippen molar-refractivity contribution in [3.63, 3.8) is 0 Å². The highest BCUT2D eigenvalue weighted by molar-refractivity contribution is 5.92. The molecule has 3 rings (SSSR count). The molecule has 1 atom stereocenters. The number of hydrogen-bond donors (Lipinski definition) is 2. The van der Waals surface area contributed by atoms with Crippen molar-refractivity contribution >= 4 is 18.2 Å². The molecule has 9 heteroatoms. The van der Waals surface area contributed by atoms with E-state index in [-0.39, 0.29) is 31.5 Å². The number of methoxy groups -OCH3 is 1. The summed E-state index contributed by atoms with van der Waals surface area (Å²) >= 11 is 0. The van der Waals surface area contributed by atoms with Crippen molar-refractivity contribution in [2.45, 2.75) is 39.2 Å². The van der Waals surface area contributed by atoms with Crippen molar-refractivity contribution in [1.82, 2.24) is 15.7 Å². The Morgan fingerprint density at radius 1 is 1.00 bits per heavy atom. The Morgan fingerprint density at radius 2 is 1.76 bits per heavy atom. The summed E-state index contributed by atoms with van der Waals surface area (Å²) in [5.74, 6) is 0.0195. The maximum atomic E-state index is 12.9. The monoisotopic (exact) mass is 521 g/mol. The summed E-state index contributed by atoms with van der Waals surface area (Å²) < 4.78 is 11.1. The molecule has 0 unspecified atom stereocenters. The molecule has 0 aliphatic rings. The van der Waals surface area contributed by atoms with Crippen LogP contribution in [0.3, 0.4) is 0 Å². The first-order chi connectivity index (χ1) is 18.5. The maximum Gasteiger partial charge on any atom is 0.288 e. The van der Waals surface area contributed by atoms with Gasteiger partial charge < -0.3 is 19.8 Å². The standard InChI is InChI=1S/C29H35N3O6/c1-3-4-6-13-23(18-32(21-33)37-19-22-11-7-5-8-12-22)28(34)30-20-31-29(35)27-17-16-26(38-27)24-14-9-10-15-25(24)36-2/h5,7-12,14-17,21,23H,3-4,6,13,18-20H2,1-2H3,(H,30,34)(H,31,35)/t23-/m1/s1. The van der Waals surface area contributed by atoms with E-state index in [2.05, 4.69) is 17.6 Å². The number of carbonyl (C=O) groups is 3. The molecular weight excluding hydrogens is 486 g/mol. The van der Waals surface area contributed by atoms with E-state index in [0.29, 0.717) is 24.3 Å². The third-order valence-electron chi connectivity index (χ3n) is 6.00. The highest BCUT2D eigenvalue weighted by Gasteiger charge is 2.22. The fourth-order valence-electron chi connectivity index (χ4n) is 3.92. The van der Waals surface area contributed by atoms with Gasteiger partial charge in [0.05, 0.1) is 31.8 Å². The summed E-state index contributed by atoms with van der Waals surface area (Å²) in [7, 11) is 1.57. The van der Waals surface area contributed by atoms with E-state index in [1.807, 2.05) is 54.6 Å². The number of hydroxylamine groups is 2. The summed E-state index contributed by atoms with van der Waals surface area (Å²) in [6.45, 7) is 2.33. The van der Waals surface area contributed by atoms with Gasteiger partial charge in [-0.25, -0.2) is 5.06 Å². The van der Waals surface area contributed by atoms with E-state index in [9.17, 15) is 14.4 Å². The molecule has 0 saturated carbocycles. The second-order valence-electron chi connectivity index (χ2n) is 8.74. The Balaban J connectivity index is 1.53. The lowest BCUT2D eigenvalue weighted by Crippen LogP contribution is -2.43. The van der Waals surface area contributed by atoms with Crippen LogP contribution >= 0.6 is 0 Å². The predicted octanol–water partition coefficient (Wildman–Crippen LogP) is 4.55. The molecule has 3 amide bonds. The molecule has 2 N–H and O–H groups in total. The smallest absolute Gasteiger partial charge is 0.288 e. The number of rotatable bonds is 16. The number of hydrogen-bond acceptors (Lipinski definition) is 6. The Kier molecular flexibility index (Phi) is 11.4. The molecule has 9 nitrogen and oxygen atoms in total. The lowest BCUT2D eigenvalue weighted by Gasteiger charge is -2.23. The van der Waals surface area contributed by atoms with Gasteiger partial charge in [0.2, 0.25) is 12.3 Å². The molecule has 0 spiro atoms. The zero-order chi connectivity index (χ0) is 27.2. The Morgan fingerprint density at radius 3 is 2.50 bits per heavy atom. The number of nitrogens with one attached hydrogen (secondary N) is 2. The van der Waals surface area contributed by atoms with Gasteiger partial charge in [0.1, 0.15) is 18.1 Å². The van der Waals surface area contributed by atoms with Gasteiger partial charge in [-0.2, -0.15) is 0 Å². The number of carbonyl (C=O) groups excluding carboxylic acids is 3. The second-order valence-corrected chi connectivity index (χ2v) is 8.74. The van der Waals surface area contributed by atoms with Crippen LogP contribution in [0.1, 0.15) is 48.7 Å². The number of para-hydroxylation sites is 1. The average molecular weight is 522 g/mol. The molecule has 0 aliphatic heterocycles. The highest BCUT2D eigenvalue weighted by atomic mass is 16.7. The first-order valence-corrected chi connectivity index (χ1v) is 12.7. The van der Waals surface area contributed by atoms with Crippen LogP contribution in [-0.2, 0) is 21.0 Å². The largest absolute Gasteiger partial charge is 0.496 e. The van der Waals surface area contributed by atoms with Crippen LogP contribution in [-0.4, -0.2) is 43.6 Å². The van der Waals surface area contributed by atoms with Crippen LogP contribution in [0.2, 0.25) is 0 Å². The average Bonchev–Trinajstić information content (AvgIpc) is 3.45. The third-order valence-corrected chi connectivity index (χ3v) is 6.00. The van der Waals surface area contributed by atoms with Crippen molar-refractivity contribution in [3.8, 4) is 17.1 Å². The second kappa shape index (κ2) is 15.2. The van der Waals surface area contributed by atoms with E-state index in [1.165, 1.54) is 0 Å². The summed E-state index contributed by atoms with van der Waals surface area (Å²) in [6.07, 6.45) is 3.99. The van der Waals surface area contributed by atoms with Gasteiger partial charge in [-0.3, -0.25) is 19.2 Å². The van der Waals surface area contributed by atoms with Crippen molar-refractivity contribution in [2.24, 2.45) is 5.92 Å². The molecule has 0 aliphatic carbocycles. The summed E-state index contributed by atoms with van der Waals surface area (Å²) in [5.41, 5.74) is 1.65. The third kappa shape index (κ3) is 8.48. The maximum absolute atomic E-state index is 12.9. The molecule has 0 bridgehead atoms. The molecule has 1 heterocycles. The minimum absolute atomic E-state index is 0.0847. The summed E-state index contributed by atoms with van der Waals surface area (Å²) in [5, 5.41) is 6.55. The molecule has 0 radical (unpaired) electrons. The zero-order valence-corrected chi connectivity index (χ0v) is 21.9. The van der Waals surface area contributed by atoms with Crippen LogP contribution < -0.4 is 15.4 Å². The van der Waals surface area contributed by atoms with Gasteiger partial charge in [-0.1, -0.05) is 68.7 Å². The minimum Gasteiger partial charge on any atom is -0.496 e. The van der Waals surface area contributed by atoms with Crippen LogP contribution in [0.25, 0.3) is 11.3 Å². The van der Waals surface area contributed by atoms with Crippen LogP contribution in [0.5, 0.6) is 5.75 Å². The molecule has 202 valence electrons. The first-order valence-electron chi connectivity index (χ1n) is 12.7. The Bertz CT molecular complexity index is 1160. The lowest BCUT2D eigenvalue weighted by molar-refractivity contribution is -0.182. The molecule has 38 heavy (non-hydrogen) atoms. The number of furan rings is 1. The molecule has 2 aromatic carbocycles. The number of amides is 3. The van der Waals surface area contributed by atoms with E-state index in [4.69, 9.17) is 14.0 Å². The van der Waals surface area contributed by atoms with Crippen molar-refractivity contribution in [1.29, 1.82) is 0 Å². The number of benzene rings is 2. The number of unbranched alkanes of at least 4 members (excludes halogenated alkanes) is 2. The van der Waals surface area contributed by atoms with E-state index in [0.717, 1.165) is 35.5 Å².